The zero-order chi connectivity index (χ0) is 28.4. The summed E-state index contributed by atoms with van der Waals surface area (Å²) in [5, 5.41) is 9.85. The number of hydrogen-bond donors (Lipinski definition) is 0. The van der Waals surface area contributed by atoms with Gasteiger partial charge in [0.05, 0.1) is 11.4 Å². The number of carbonyl (C=O) groups excluding carboxylic acids is 1. The van der Waals surface area contributed by atoms with Crippen molar-refractivity contribution in [1.82, 2.24) is 9.47 Å². The molecule has 0 N–H and O–H groups in total. The maximum Gasteiger partial charge on any atom is 0.270 e. The number of aromatic nitrogens is 1. The SMILES string of the molecule is CCn1c(N2CCN(c3ccc(F)cc3)CC2)c(/C=C2/SC(=S)N(Cc3ccccc3)C2=O)c(C)c(C#N)c1=O. The van der Waals surface area contributed by atoms with Crippen LogP contribution in [0.25, 0.3) is 6.08 Å². The van der Waals surface area contributed by atoms with Gasteiger partial charge in [0.15, 0.2) is 0 Å². The maximum absolute atomic E-state index is 13.5. The number of benzene rings is 2. The third kappa shape index (κ3) is 5.27. The number of halogens is 1. The van der Waals surface area contributed by atoms with Crippen molar-refractivity contribution in [2.75, 3.05) is 36.0 Å². The van der Waals surface area contributed by atoms with Crippen molar-refractivity contribution in [1.29, 1.82) is 5.26 Å². The first kappa shape index (κ1) is 27.6. The normalized spacial score (nSPS) is 16.6. The predicted molar refractivity (Wildman–Crippen MR) is 162 cm³/mol. The van der Waals surface area contributed by atoms with Crippen LogP contribution in [-0.2, 0) is 17.9 Å². The molecule has 2 aromatic carbocycles. The summed E-state index contributed by atoms with van der Waals surface area (Å²) in [4.78, 5) is 33.2. The minimum absolute atomic E-state index is 0.0709. The van der Waals surface area contributed by atoms with Gasteiger partial charge >= 0.3 is 0 Å². The molecule has 2 saturated heterocycles. The highest BCUT2D eigenvalue weighted by Gasteiger charge is 2.33. The number of amides is 1. The summed E-state index contributed by atoms with van der Waals surface area (Å²) in [6.45, 7) is 6.93. The minimum Gasteiger partial charge on any atom is -0.368 e. The number of rotatable bonds is 6. The highest BCUT2D eigenvalue weighted by Crippen LogP contribution is 2.37. The van der Waals surface area contributed by atoms with Crippen molar-refractivity contribution >= 4 is 51.8 Å². The average Bonchev–Trinajstić information content (AvgIpc) is 3.23. The number of nitrogens with zero attached hydrogens (tertiary/aromatic N) is 5. The Labute approximate surface area is 242 Å². The van der Waals surface area contributed by atoms with Gasteiger partial charge in [0.2, 0.25) is 0 Å². The zero-order valence-corrected chi connectivity index (χ0v) is 23.9. The lowest BCUT2D eigenvalue weighted by Gasteiger charge is -2.39. The van der Waals surface area contributed by atoms with E-state index in [-0.39, 0.29) is 22.8 Å². The average molecular weight is 574 g/mol. The van der Waals surface area contributed by atoms with Crippen LogP contribution in [0, 0.1) is 24.1 Å². The van der Waals surface area contributed by atoms with E-state index in [9.17, 15) is 19.2 Å². The van der Waals surface area contributed by atoms with E-state index in [4.69, 9.17) is 12.2 Å². The molecule has 3 aromatic rings. The lowest BCUT2D eigenvalue weighted by molar-refractivity contribution is -0.122. The van der Waals surface area contributed by atoms with Crippen LogP contribution in [0.15, 0.2) is 64.3 Å². The van der Waals surface area contributed by atoms with Gasteiger partial charge in [0, 0.05) is 44.0 Å². The second-order valence-corrected chi connectivity index (χ2v) is 11.3. The van der Waals surface area contributed by atoms with Gasteiger partial charge in [-0.2, -0.15) is 5.26 Å². The molecule has 1 aromatic heterocycles. The van der Waals surface area contributed by atoms with E-state index in [2.05, 4.69) is 15.9 Å². The van der Waals surface area contributed by atoms with Gasteiger partial charge in [0.1, 0.15) is 27.6 Å². The molecule has 5 rings (SSSR count). The van der Waals surface area contributed by atoms with Crippen molar-refractivity contribution in [3.8, 4) is 6.07 Å². The van der Waals surface area contributed by atoms with E-state index < -0.39 is 0 Å². The Balaban J connectivity index is 1.51. The Hall–Kier alpha value is -3.94. The van der Waals surface area contributed by atoms with Gasteiger partial charge in [-0.1, -0.05) is 54.3 Å². The first-order chi connectivity index (χ1) is 19.3. The van der Waals surface area contributed by atoms with Gasteiger partial charge < -0.3 is 9.80 Å². The number of nitriles is 1. The second kappa shape index (κ2) is 11.7. The van der Waals surface area contributed by atoms with Crippen molar-refractivity contribution in [2.24, 2.45) is 0 Å². The summed E-state index contributed by atoms with van der Waals surface area (Å²) in [6.07, 6.45) is 1.79. The van der Waals surface area contributed by atoms with Crippen LogP contribution in [0.2, 0.25) is 0 Å². The molecular formula is C30H28FN5O2S2. The molecule has 7 nitrogen and oxygen atoms in total. The summed E-state index contributed by atoms with van der Waals surface area (Å²) in [5.41, 5.74) is 2.86. The van der Waals surface area contributed by atoms with Crippen LogP contribution in [-0.4, -0.2) is 45.9 Å². The Kier molecular flexibility index (Phi) is 8.05. The van der Waals surface area contributed by atoms with Gasteiger partial charge in [-0.05, 0) is 55.3 Å². The van der Waals surface area contributed by atoms with E-state index in [1.54, 1.807) is 34.6 Å². The fraction of sp³-hybridized carbons (Fsp3) is 0.267. The van der Waals surface area contributed by atoms with Gasteiger partial charge in [-0.15, -0.1) is 0 Å². The number of hydrogen-bond acceptors (Lipinski definition) is 7. The molecule has 0 saturated carbocycles. The molecule has 0 unspecified atom stereocenters. The van der Waals surface area contributed by atoms with Crippen molar-refractivity contribution in [3.05, 3.63) is 97.9 Å². The number of carbonyl (C=O) groups is 1. The third-order valence-electron chi connectivity index (χ3n) is 7.27. The predicted octanol–water partition coefficient (Wildman–Crippen LogP) is 4.92. The van der Waals surface area contributed by atoms with Crippen LogP contribution < -0.4 is 15.4 Å². The van der Waals surface area contributed by atoms with E-state index in [1.807, 2.05) is 37.3 Å². The van der Waals surface area contributed by atoms with E-state index >= 15 is 0 Å². The lowest BCUT2D eigenvalue weighted by Crippen LogP contribution is -2.48. The molecule has 1 amide bonds. The molecule has 0 radical (unpaired) electrons. The molecule has 0 bridgehead atoms. The first-order valence-corrected chi connectivity index (χ1v) is 14.3. The van der Waals surface area contributed by atoms with Gasteiger partial charge in [-0.25, -0.2) is 4.39 Å². The maximum atomic E-state index is 13.5. The lowest BCUT2D eigenvalue weighted by atomic mass is 10.0. The summed E-state index contributed by atoms with van der Waals surface area (Å²) >= 11 is 6.80. The molecule has 40 heavy (non-hydrogen) atoms. The smallest absolute Gasteiger partial charge is 0.270 e. The topological polar surface area (TPSA) is 72.6 Å². The number of thioether (sulfide) groups is 1. The molecule has 0 atom stereocenters. The molecule has 2 aliphatic heterocycles. The number of pyridine rings is 1. The molecule has 2 aliphatic rings. The Bertz CT molecular complexity index is 1590. The van der Waals surface area contributed by atoms with Crippen LogP contribution in [0.4, 0.5) is 15.9 Å². The molecule has 3 heterocycles. The van der Waals surface area contributed by atoms with E-state index in [0.717, 1.165) is 11.3 Å². The Morgan fingerprint density at radius 1 is 1.02 bits per heavy atom. The monoisotopic (exact) mass is 573 g/mol. The highest BCUT2D eigenvalue weighted by molar-refractivity contribution is 8.26. The first-order valence-electron chi connectivity index (χ1n) is 13.0. The van der Waals surface area contributed by atoms with Crippen LogP contribution in [0.5, 0.6) is 0 Å². The number of thiocarbonyl (C=S) groups is 1. The molecule has 0 aliphatic carbocycles. The summed E-state index contributed by atoms with van der Waals surface area (Å²) in [6, 6.07) is 18.2. The van der Waals surface area contributed by atoms with Crippen LogP contribution in [0.3, 0.4) is 0 Å². The zero-order valence-electron chi connectivity index (χ0n) is 22.3. The summed E-state index contributed by atoms with van der Waals surface area (Å²) in [5.74, 6) is 0.218. The summed E-state index contributed by atoms with van der Waals surface area (Å²) < 4.78 is 15.5. The second-order valence-electron chi connectivity index (χ2n) is 9.60. The van der Waals surface area contributed by atoms with Crippen molar-refractivity contribution in [3.63, 3.8) is 0 Å². The molecule has 204 valence electrons. The molecule has 2 fully saturated rings. The Morgan fingerprint density at radius 2 is 1.68 bits per heavy atom. The van der Waals surface area contributed by atoms with Crippen molar-refractivity contribution < 1.29 is 9.18 Å². The van der Waals surface area contributed by atoms with Crippen molar-refractivity contribution in [2.45, 2.75) is 26.9 Å². The molecular weight excluding hydrogens is 545 g/mol. The minimum atomic E-state index is -0.341. The molecule has 0 spiro atoms. The van der Waals surface area contributed by atoms with Crippen LogP contribution in [0.1, 0.15) is 29.2 Å². The Morgan fingerprint density at radius 3 is 2.30 bits per heavy atom. The summed E-state index contributed by atoms with van der Waals surface area (Å²) in [7, 11) is 0. The third-order valence-corrected chi connectivity index (χ3v) is 8.64. The standard InChI is InChI=1S/C30H28FN5O2S2/c1-3-35-27(34-15-13-33(14-16-34)23-11-9-22(31)10-12-23)24(20(2)25(18-32)28(35)37)17-26-29(38)36(30(39)40-26)19-21-7-5-4-6-8-21/h4-12,17H,3,13-16,19H2,1-2H3/b26-17+. The highest BCUT2D eigenvalue weighted by atomic mass is 32.2. The van der Waals surface area contributed by atoms with E-state index in [1.165, 1.54) is 23.9 Å². The van der Waals surface area contributed by atoms with Crippen LogP contribution >= 0.6 is 24.0 Å². The van der Waals surface area contributed by atoms with E-state index in [0.29, 0.717) is 65.4 Å². The largest absolute Gasteiger partial charge is 0.368 e. The number of piperazine rings is 1. The quantitative estimate of drug-likeness (QED) is 0.306. The van der Waals surface area contributed by atoms with Gasteiger partial charge in [0.25, 0.3) is 11.5 Å². The van der Waals surface area contributed by atoms with Gasteiger partial charge in [-0.3, -0.25) is 19.1 Å². The fourth-order valence-electron chi connectivity index (χ4n) is 5.14. The molecule has 10 heteroatoms. The number of anilines is 2. The fourth-order valence-corrected chi connectivity index (χ4v) is 6.38.